The summed E-state index contributed by atoms with van der Waals surface area (Å²) in [4.78, 5) is 12.9. The van der Waals surface area contributed by atoms with Crippen molar-refractivity contribution in [1.29, 1.82) is 0 Å². The fourth-order valence-corrected chi connectivity index (χ4v) is 3.78. The van der Waals surface area contributed by atoms with Crippen molar-refractivity contribution in [3.05, 3.63) is 75.5 Å². The number of carbonyl (C=O) groups is 1. The lowest BCUT2D eigenvalue weighted by Crippen LogP contribution is -2.15. The number of nitrogens with one attached hydrogen (secondary N) is 1. The van der Waals surface area contributed by atoms with Gasteiger partial charge in [-0.05, 0) is 71.9 Å². The van der Waals surface area contributed by atoms with Gasteiger partial charge in [0.05, 0.1) is 28.8 Å². The molecule has 1 heterocycles. The number of para-hydroxylation sites is 1. The van der Waals surface area contributed by atoms with Gasteiger partial charge in [-0.15, -0.1) is 0 Å². The van der Waals surface area contributed by atoms with Gasteiger partial charge in [0.2, 0.25) is 0 Å². The first kappa shape index (κ1) is 17.0. The summed E-state index contributed by atoms with van der Waals surface area (Å²) >= 11 is 3.52. The van der Waals surface area contributed by atoms with Gasteiger partial charge in [0.25, 0.3) is 5.91 Å². The lowest BCUT2D eigenvalue weighted by molar-refractivity contribution is 0.102. The second-order valence-electron chi connectivity index (χ2n) is 6.85. The third-order valence-electron chi connectivity index (χ3n) is 4.73. The van der Waals surface area contributed by atoms with Gasteiger partial charge in [-0.25, -0.2) is 4.68 Å². The van der Waals surface area contributed by atoms with Crippen LogP contribution in [-0.4, -0.2) is 15.7 Å². The highest BCUT2D eigenvalue weighted by Gasteiger charge is 2.33. The van der Waals surface area contributed by atoms with E-state index in [4.69, 9.17) is 0 Å². The topological polar surface area (TPSA) is 46.9 Å². The zero-order chi connectivity index (χ0) is 18.3. The average molecular weight is 410 g/mol. The van der Waals surface area contributed by atoms with Crippen molar-refractivity contribution >= 4 is 27.5 Å². The average Bonchev–Trinajstić information content (AvgIpc) is 3.36. The fraction of sp³-hybridized carbons (Fsp3) is 0.238. The van der Waals surface area contributed by atoms with Gasteiger partial charge in [-0.3, -0.25) is 4.79 Å². The van der Waals surface area contributed by atoms with Crippen LogP contribution in [0.4, 0.5) is 5.69 Å². The van der Waals surface area contributed by atoms with Gasteiger partial charge in [0, 0.05) is 10.4 Å². The molecule has 1 amide bonds. The smallest absolute Gasteiger partial charge is 0.259 e. The van der Waals surface area contributed by atoms with Crippen LogP contribution in [0.5, 0.6) is 0 Å². The minimum atomic E-state index is -0.115. The molecule has 0 bridgehead atoms. The summed E-state index contributed by atoms with van der Waals surface area (Å²) < 4.78 is 2.82. The monoisotopic (exact) mass is 409 g/mol. The van der Waals surface area contributed by atoms with Crippen molar-refractivity contribution in [2.24, 2.45) is 0 Å². The molecular formula is C21H20BrN3O. The number of halogens is 1. The zero-order valence-corrected chi connectivity index (χ0v) is 16.4. The number of rotatable bonds is 4. The van der Waals surface area contributed by atoms with E-state index in [2.05, 4.69) is 39.3 Å². The molecule has 0 atom stereocenters. The van der Waals surface area contributed by atoms with E-state index in [1.54, 1.807) is 6.20 Å². The minimum Gasteiger partial charge on any atom is -0.321 e. The van der Waals surface area contributed by atoms with Crippen molar-refractivity contribution in [3.8, 4) is 5.69 Å². The number of anilines is 1. The molecule has 1 saturated carbocycles. The predicted octanol–water partition coefficient (Wildman–Crippen LogP) is 5.38. The van der Waals surface area contributed by atoms with Crippen LogP contribution in [-0.2, 0) is 0 Å². The van der Waals surface area contributed by atoms with Crippen molar-refractivity contribution < 1.29 is 4.79 Å². The molecule has 2 aromatic carbocycles. The quantitative estimate of drug-likeness (QED) is 0.628. The van der Waals surface area contributed by atoms with Crippen LogP contribution in [0.1, 0.15) is 45.9 Å². The Bertz CT molecular complexity index is 989. The number of amides is 1. The summed E-state index contributed by atoms with van der Waals surface area (Å²) in [5.74, 6) is 0.288. The van der Waals surface area contributed by atoms with Crippen LogP contribution >= 0.6 is 15.9 Å². The molecule has 1 N–H and O–H groups in total. The highest BCUT2D eigenvalue weighted by Crippen LogP contribution is 2.43. The molecule has 1 aliphatic carbocycles. The standard InChI is InChI=1S/C21H20BrN3O/c1-13-7-10-18(17(22)11-13)24-21(26)16-12-23-25(20(16)15-8-9-15)19-6-4-3-5-14(19)2/h3-7,10-12,15H,8-9H2,1-2H3,(H,24,26). The summed E-state index contributed by atoms with van der Waals surface area (Å²) in [5.41, 5.74) is 5.76. The summed E-state index contributed by atoms with van der Waals surface area (Å²) in [6.07, 6.45) is 3.90. The molecule has 4 rings (SSSR count). The molecule has 5 heteroatoms. The molecule has 26 heavy (non-hydrogen) atoms. The van der Waals surface area contributed by atoms with Crippen molar-refractivity contribution in [2.45, 2.75) is 32.6 Å². The van der Waals surface area contributed by atoms with E-state index < -0.39 is 0 Å². The van der Waals surface area contributed by atoms with Gasteiger partial charge in [-0.2, -0.15) is 5.10 Å². The highest BCUT2D eigenvalue weighted by molar-refractivity contribution is 9.10. The van der Waals surface area contributed by atoms with E-state index in [1.165, 1.54) is 0 Å². The van der Waals surface area contributed by atoms with Gasteiger partial charge in [0.1, 0.15) is 0 Å². The summed E-state index contributed by atoms with van der Waals surface area (Å²) in [5, 5.41) is 7.57. The number of hydrogen-bond donors (Lipinski definition) is 1. The molecule has 0 saturated heterocycles. The molecule has 1 aromatic heterocycles. The maximum absolute atomic E-state index is 12.9. The SMILES string of the molecule is Cc1ccc(NC(=O)c2cnn(-c3ccccc3C)c2C2CC2)c(Br)c1. The van der Waals surface area contributed by atoms with E-state index in [0.717, 1.165) is 45.5 Å². The van der Waals surface area contributed by atoms with Gasteiger partial charge in [0.15, 0.2) is 0 Å². The molecule has 0 spiro atoms. The first-order valence-electron chi connectivity index (χ1n) is 8.76. The van der Waals surface area contributed by atoms with Crippen molar-refractivity contribution in [3.63, 3.8) is 0 Å². The Morgan fingerprint density at radius 2 is 1.96 bits per heavy atom. The number of carbonyl (C=O) groups excluding carboxylic acids is 1. The summed E-state index contributed by atoms with van der Waals surface area (Å²) in [6, 6.07) is 14.0. The van der Waals surface area contributed by atoms with E-state index in [9.17, 15) is 4.79 Å². The van der Waals surface area contributed by atoms with Crippen LogP contribution in [0.3, 0.4) is 0 Å². The molecule has 4 nitrogen and oxygen atoms in total. The number of nitrogens with zero attached hydrogens (tertiary/aromatic N) is 2. The van der Waals surface area contributed by atoms with E-state index in [1.807, 2.05) is 48.0 Å². The third kappa shape index (κ3) is 3.19. The van der Waals surface area contributed by atoms with Gasteiger partial charge in [-0.1, -0.05) is 24.3 Å². The Balaban J connectivity index is 1.71. The van der Waals surface area contributed by atoms with Crippen LogP contribution in [0, 0.1) is 13.8 Å². The predicted molar refractivity (Wildman–Crippen MR) is 107 cm³/mol. The van der Waals surface area contributed by atoms with Crippen LogP contribution in [0.25, 0.3) is 5.69 Å². The molecule has 3 aromatic rings. The maximum atomic E-state index is 12.9. The van der Waals surface area contributed by atoms with Crippen LogP contribution < -0.4 is 5.32 Å². The van der Waals surface area contributed by atoms with Crippen molar-refractivity contribution in [1.82, 2.24) is 9.78 Å². The number of benzene rings is 2. The molecule has 0 aliphatic heterocycles. The number of aryl methyl sites for hydroxylation is 2. The molecule has 0 radical (unpaired) electrons. The Morgan fingerprint density at radius 3 is 2.65 bits per heavy atom. The van der Waals surface area contributed by atoms with Gasteiger partial charge < -0.3 is 5.32 Å². The van der Waals surface area contributed by atoms with E-state index in [-0.39, 0.29) is 5.91 Å². The summed E-state index contributed by atoms with van der Waals surface area (Å²) in [6.45, 7) is 4.09. The van der Waals surface area contributed by atoms with Crippen LogP contribution in [0.2, 0.25) is 0 Å². The fourth-order valence-electron chi connectivity index (χ4n) is 3.19. The molecule has 1 fully saturated rings. The van der Waals surface area contributed by atoms with Crippen LogP contribution in [0.15, 0.2) is 53.1 Å². The zero-order valence-electron chi connectivity index (χ0n) is 14.8. The lowest BCUT2D eigenvalue weighted by Gasteiger charge is -2.12. The van der Waals surface area contributed by atoms with Gasteiger partial charge >= 0.3 is 0 Å². The summed E-state index contributed by atoms with van der Waals surface area (Å²) in [7, 11) is 0. The van der Waals surface area contributed by atoms with E-state index in [0.29, 0.717) is 11.5 Å². The maximum Gasteiger partial charge on any atom is 0.259 e. The van der Waals surface area contributed by atoms with Crippen molar-refractivity contribution in [2.75, 3.05) is 5.32 Å². The number of aromatic nitrogens is 2. The molecule has 1 aliphatic rings. The van der Waals surface area contributed by atoms with E-state index >= 15 is 0 Å². The largest absolute Gasteiger partial charge is 0.321 e. The molecule has 132 valence electrons. The second kappa shape index (κ2) is 6.72. The Kier molecular flexibility index (Phi) is 4.41. The first-order valence-corrected chi connectivity index (χ1v) is 9.55. The highest BCUT2D eigenvalue weighted by atomic mass is 79.9. The Morgan fingerprint density at radius 1 is 1.19 bits per heavy atom. The second-order valence-corrected chi connectivity index (χ2v) is 7.71. The normalized spacial score (nSPS) is 13.7. The molecular weight excluding hydrogens is 390 g/mol. The third-order valence-corrected chi connectivity index (χ3v) is 5.39. The Labute approximate surface area is 161 Å². The Hall–Kier alpha value is -2.40. The lowest BCUT2D eigenvalue weighted by atomic mass is 10.1. The minimum absolute atomic E-state index is 0.115. The first-order chi connectivity index (χ1) is 12.5. The molecule has 0 unspecified atom stereocenters. The number of hydrogen-bond acceptors (Lipinski definition) is 2.